The van der Waals surface area contributed by atoms with E-state index in [9.17, 15) is 4.79 Å². The Labute approximate surface area is 135 Å². The number of carbonyl (C=O) groups excluding carboxylic acids is 1. The lowest BCUT2D eigenvalue weighted by Crippen LogP contribution is -2.37. The molecule has 0 aromatic carbocycles. The molecule has 2 aromatic heterocycles. The molecule has 1 amide bonds. The number of anilines is 1. The molecule has 0 bridgehead atoms. The number of thiophene rings is 1. The van der Waals surface area contributed by atoms with Crippen LogP contribution in [0.4, 0.5) is 5.82 Å². The Balaban J connectivity index is 2.42. The van der Waals surface area contributed by atoms with Crippen LogP contribution in [0.25, 0.3) is 10.2 Å². The second kappa shape index (κ2) is 6.60. The highest BCUT2D eigenvalue weighted by Crippen LogP contribution is 2.32. The number of nitrogens with zero attached hydrogens (tertiary/aromatic N) is 3. The van der Waals surface area contributed by atoms with Gasteiger partial charge in [0.15, 0.2) is 0 Å². The van der Waals surface area contributed by atoms with Crippen LogP contribution in [0, 0.1) is 12.8 Å². The van der Waals surface area contributed by atoms with Gasteiger partial charge in [0.2, 0.25) is 5.91 Å². The molecule has 0 aliphatic rings. The Kier molecular flexibility index (Phi) is 5.01. The third kappa shape index (κ3) is 3.55. The minimum atomic E-state index is -0.320. The number of likely N-dealkylation sites (N-methyl/N-ethyl adjacent to an activating group) is 1. The maximum Gasteiger partial charge on any atom is 0.244 e. The third-order valence-electron chi connectivity index (χ3n) is 3.41. The Morgan fingerprint density at radius 3 is 2.59 bits per heavy atom. The highest BCUT2D eigenvalue weighted by molar-refractivity contribution is 7.17. The first kappa shape index (κ1) is 16.7. The quantitative estimate of drug-likeness (QED) is 0.920. The number of hydrogen-bond acceptors (Lipinski definition) is 5. The van der Waals surface area contributed by atoms with Crippen molar-refractivity contribution in [1.82, 2.24) is 14.9 Å². The van der Waals surface area contributed by atoms with Gasteiger partial charge >= 0.3 is 0 Å². The molecule has 0 fully saturated rings. The van der Waals surface area contributed by atoms with E-state index >= 15 is 0 Å². The molecular weight excluding hydrogens is 296 g/mol. The van der Waals surface area contributed by atoms with Gasteiger partial charge in [0.25, 0.3) is 0 Å². The molecule has 120 valence electrons. The van der Waals surface area contributed by atoms with Crippen molar-refractivity contribution >= 4 is 33.3 Å². The summed E-state index contributed by atoms with van der Waals surface area (Å²) in [4.78, 5) is 23.7. The van der Waals surface area contributed by atoms with Crippen molar-refractivity contribution in [2.24, 2.45) is 5.92 Å². The summed E-state index contributed by atoms with van der Waals surface area (Å²) in [6, 6.07) is -0.320. The molecule has 22 heavy (non-hydrogen) atoms. The molecule has 0 saturated carbocycles. The normalized spacial score (nSPS) is 12.7. The van der Waals surface area contributed by atoms with Crippen LogP contribution in [0.3, 0.4) is 0 Å². The van der Waals surface area contributed by atoms with Crippen LogP contribution in [0.1, 0.15) is 32.2 Å². The first-order valence-electron chi connectivity index (χ1n) is 7.52. The van der Waals surface area contributed by atoms with Crippen molar-refractivity contribution in [3.63, 3.8) is 0 Å². The molecule has 1 atom stereocenters. The third-order valence-corrected chi connectivity index (χ3v) is 4.34. The van der Waals surface area contributed by atoms with Gasteiger partial charge in [-0.25, -0.2) is 9.97 Å². The minimum absolute atomic E-state index is 0.0325. The van der Waals surface area contributed by atoms with Crippen LogP contribution in [-0.2, 0) is 11.2 Å². The summed E-state index contributed by atoms with van der Waals surface area (Å²) >= 11 is 1.64. The summed E-state index contributed by atoms with van der Waals surface area (Å²) in [6.07, 6.45) is 0.983. The molecule has 0 aliphatic heterocycles. The summed E-state index contributed by atoms with van der Waals surface area (Å²) in [7, 11) is 3.52. The van der Waals surface area contributed by atoms with Crippen LogP contribution in [0.15, 0.2) is 5.38 Å². The average molecular weight is 320 g/mol. The molecule has 0 radical (unpaired) electrons. The van der Waals surface area contributed by atoms with E-state index in [0.29, 0.717) is 5.92 Å². The summed E-state index contributed by atoms with van der Waals surface area (Å²) in [5, 5.41) is 6.48. The monoisotopic (exact) mass is 320 g/mol. The van der Waals surface area contributed by atoms with Gasteiger partial charge in [0, 0.05) is 14.1 Å². The van der Waals surface area contributed by atoms with Gasteiger partial charge in [-0.15, -0.1) is 11.3 Å². The average Bonchev–Trinajstić information content (AvgIpc) is 2.79. The maximum absolute atomic E-state index is 12.1. The molecule has 2 heterocycles. The minimum Gasteiger partial charge on any atom is -0.358 e. The maximum atomic E-state index is 12.1. The molecule has 2 rings (SSSR count). The number of aryl methyl sites for hydroxylation is 1. The van der Waals surface area contributed by atoms with Crippen LogP contribution in [0.5, 0.6) is 0 Å². The summed E-state index contributed by atoms with van der Waals surface area (Å²) < 4.78 is 0. The number of aromatic nitrogens is 2. The molecule has 0 saturated heterocycles. The second-order valence-electron chi connectivity index (χ2n) is 6.26. The molecule has 0 unspecified atom stereocenters. The zero-order chi connectivity index (χ0) is 16.4. The fourth-order valence-electron chi connectivity index (χ4n) is 2.46. The van der Waals surface area contributed by atoms with E-state index in [-0.39, 0.29) is 11.9 Å². The number of nitrogens with one attached hydrogen (secondary N) is 1. The molecule has 2 aromatic rings. The first-order chi connectivity index (χ1) is 10.3. The zero-order valence-corrected chi connectivity index (χ0v) is 14.9. The van der Waals surface area contributed by atoms with E-state index in [2.05, 4.69) is 34.5 Å². The Hall–Kier alpha value is -1.69. The zero-order valence-electron chi connectivity index (χ0n) is 14.1. The SMILES string of the molecule is Cc1nc(N[C@@H](C)C(=O)N(C)C)c2c(CC(C)C)csc2n1. The molecule has 5 nitrogen and oxygen atoms in total. The first-order valence-corrected chi connectivity index (χ1v) is 8.40. The Bertz CT molecular complexity index is 678. The van der Waals surface area contributed by atoms with Gasteiger partial charge in [0.1, 0.15) is 22.5 Å². The smallest absolute Gasteiger partial charge is 0.244 e. The van der Waals surface area contributed by atoms with Crippen molar-refractivity contribution in [3.05, 3.63) is 16.8 Å². The van der Waals surface area contributed by atoms with E-state index in [1.54, 1.807) is 30.3 Å². The van der Waals surface area contributed by atoms with Crippen molar-refractivity contribution in [2.45, 2.75) is 40.2 Å². The van der Waals surface area contributed by atoms with Gasteiger partial charge < -0.3 is 10.2 Å². The number of amides is 1. The summed E-state index contributed by atoms with van der Waals surface area (Å²) in [5.41, 5.74) is 1.25. The van der Waals surface area contributed by atoms with Crippen LogP contribution in [-0.4, -0.2) is 40.9 Å². The number of rotatable bonds is 5. The molecule has 0 spiro atoms. The Morgan fingerprint density at radius 1 is 1.32 bits per heavy atom. The van der Waals surface area contributed by atoms with Crippen molar-refractivity contribution in [3.8, 4) is 0 Å². The van der Waals surface area contributed by atoms with Gasteiger partial charge in [-0.1, -0.05) is 13.8 Å². The molecule has 0 aliphatic carbocycles. The van der Waals surface area contributed by atoms with Gasteiger partial charge in [-0.2, -0.15) is 0 Å². The van der Waals surface area contributed by atoms with E-state index in [1.165, 1.54) is 5.56 Å². The number of carbonyl (C=O) groups is 1. The topological polar surface area (TPSA) is 58.1 Å². The lowest BCUT2D eigenvalue weighted by Gasteiger charge is -2.19. The standard InChI is InChI=1S/C16H24N4OS/c1-9(2)7-12-8-22-15-13(12)14(18-11(4)19-15)17-10(3)16(21)20(5)6/h8-10H,7H2,1-6H3,(H,17,18,19)/t10-/m0/s1. The highest BCUT2D eigenvalue weighted by Gasteiger charge is 2.19. The van der Waals surface area contributed by atoms with Gasteiger partial charge in [0.05, 0.1) is 5.39 Å². The van der Waals surface area contributed by atoms with Crippen LogP contribution < -0.4 is 5.32 Å². The molecular formula is C16H24N4OS. The lowest BCUT2D eigenvalue weighted by atomic mass is 10.0. The molecule has 1 N–H and O–H groups in total. The summed E-state index contributed by atoms with van der Waals surface area (Å²) in [5.74, 6) is 2.08. The van der Waals surface area contributed by atoms with E-state index < -0.39 is 0 Å². The van der Waals surface area contributed by atoms with Crippen molar-refractivity contribution in [2.75, 3.05) is 19.4 Å². The predicted octanol–water partition coefficient (Wildman–Crippen LogP) is 3.09. The van der Waals surface area contributed by atoms with Gasteiger partial charge in [-0.05, 0) is 37.1 Å². The second-order valence-corrected chi connectivity index (χ2v) is 7.12. The Morgan fingerprint density at radius 2 is 2.00 bits per heavy atom. The predicted molar refractivity (Wildman–Crippen MR) is 92.5 cm³/mol. The molecule has 6 heteroatoms. The summed E-state index contributed by atoms with van der Waals surface area (Å²) in [6.45, 7) is 8.14. The van der Waals surface area contributed by atoms with Crippen LogP contribution in [0.2, 0.25) is 0 Å². The number of fused-ring (bicyclic) bond motifs is 1. The fourth-order valence-corrected chi connectivity index (χ4v) is 3.45. The lowest BCUT2D eigenvalue weighted by molar-refractivity contribution is -0.129. The van der Waals surface area contributed by atoms with E-state index in [1.807, 2.05) is 13.8 Å². The van der Waals surface area contributed by atoms with Crippen LogP contribution >= 0.6 is 11.3 Å². The fraction of sp³-hybridized carbons (Fsp3) is 0.562. The van der Waals surface area contributed by atoms with Gasteiger partial charge in [-0.3, -0.25) is 4.79 Å². The van der Waals surface area contributed by atoms with Crippen molar-refractivity contribution in [1.29, 1.82) is 0 Å². The highest BCUT2D eigenvalue weighted by atomic mass is 32.1. The van der Waals surface area contributed by atoms with E-state index in [4.69, 9.17) is 0 Å². The number of hydrogen-bond donors (Lipinski definition) is 1. The van der Waals surface area contributed by atoms with E-state index in [0.717, 1.165) is 28.3 Å². The largest absolute Gasteiger partial charge is 0.358 e. The van der Waals surface area contributed by atoms with Crippen molar-refractivity contribution < 1.29 is 4.79 Å².